The maximum absolute atomic E-state index is 5.79. The van der Waals surface area contributed by atoms with E-state index in [1.165, 1.54) is 0 Å². The van der Waals surface area contributed by atoms with Crippen molar-refractivity contribution in [1.82, 2.24) is 0 Å². The third kappa shape index (κ3) is 2.06. The molecule has 0 aliphatic carbocycles. The molecule has 0 spiro atoms. The van der Waals surface area contributed by atoms with Gasteiger partial charge in [0.25, 0.3) is 0 Å². The van der Waals surface area contributed by atoms with Crippen molar-refractivity contribution in [2.75, 3.05) is 19.5 Å². The topological polar surface area (TPSA) is 44.5 Å². The molecule has 1 aromatic rings. The van der Waals surface area contributed by atoms with Crippen LogP contribution in [0.5, 0.6) is 11.5 Å². The minimum absolute atomic E-state index is 0.571. The Morgan fingerprint density at radius 1 is 1.38 bits per heavy atom. The Kier molecular flexibility index (Phi) is 3.42. The standard InChI is InChI=1S/C9H12BrNO2/c1-3-13-7-5-4-6(12-2)8(10)9(7)11/h4-5H,3,11H2,1-2H3. The molecular formula is C9H12BrNO2. The summed E-state index contributed by atoms with van der Waals surface area (Å²) < 4.78 is 11.1. The number of hydrogen-bond acceptors (Lipinski definition) is 3. The zero-order valence-corrected chi connectivity index (χ0v) is 9.22. The Morgan fingerprint density at radius 3 is 2.54 bits per heavy atom. The van der Waals surface area contributed by atoms with Gasteiger partial charge in [0.05, 0.1) is 23.9 Å². The van der Waals surface area contributed by atoms with Crippen LogP contribution in [-0.2, 0) is 0 Å². The monoisotopic (exact) mass is 245 g/mol. The number of benzene rings is 1. The normalized spacial score (nSPS) is 9.77. The van der Waals surface area contributed by atoms with Gasteiger partial charge in [0.15, 0.2) is 0 Å². The third-order valence-electron chi connectivity index (χ3n) is 1.62. The van der Waals surface area contributed by atoms with Crippen molar-refractivity contribution in [2.45, 2.75) is 6.92 Å². The maximum Gasteiger partial charge on any atom is 0.143 e. The lowest BCUT2D eigenvalue weighted by Gasteiger charge is -2.10. The van der Waals surface area contributed by atoms with Crippen LogP contribution in [0.15, 0.2) is 16.6 Å². The summed E-state index contributed by atoms with van der Waals surface area (Å²) >= 11 is 3.33. The second kappa shape index (κ2) is 4.37. The molecule has 72 valence electrons. The molecule has 0 fully saturated rings. The largest absolute Gasteiger partial charge is 0.495 e. The van der Waals surface area contributed by atoms with Crippen LogP contribution in [0.2, 0.25) is 0 Å². The van der Waals surface area contributed by atoms with E-state index < -0.39 is 0 Å². The first-order valence-corrected chi connectivity index (χ1v) is 4.74. The highest BCUT2D eigenvalue weighted by atomic mass is 79.9. The van der Waals surface area contributed by atoms with Gasteiger partial charge in [-0.1, -0.05) is 0 Å². The van der Waals surface area contributed by atoms with Gasteiger partial charge in [-0.05, 0) is 35.0 Å². The van der Waals surface area contributed by atoms with Crippen molar-refractivity contribution in [3.8, 4) is 11.5 Å². The molecule has 0 radical (unpaired) electrons. The molecule has 2 N–H and O–H groups in total. The molecule has 0 aliphatic heterocycles. The van der Waals surface area contributed by atoms with Crippen LogP contribution in [-0.4, -0.2) is 13.7 Å². The molecule has 0 amide bonds. The van der Waals surface area contributed by atoms with Gasteiger partial charge in [0, 0.05) is 0 Å². The second-order valence-corrected chi connectivity index (χ2v) is 3.22. The van der Waals surface area contributed by atoms with E-state index in [2.05, 4.69) is 15.9 Å². The van der Waals surface area contributed by atoms with Crippen LogP contribution < -0.4 is 15.2 Å². The van der Waals surface area contributed by atoms with Crippen LogP contribution in [0.4, 0.5) is 5.69 Å². The third-order valence-corrected chi connectivity index (χ3v) is 2.44. The summed E-state index contributed by atoms with van der Waals surface area (Å²) in [5.74, 6) is 1.39. The van der Waals surface area contributed by atoms with E-state index in [4.69, 9.17) is 15.2 Å². The Labute approximate surface area is 86.0 Å². The minimum atomic E-state index is 0.571. The molecule has 0 bridgehead atoms. The molecule has 1 aromatic carbocycles. The maximum atomic E-state index is 5.79. The quantitative estimate of drug-likeness (QED) is 0.833. The zero-order valence-electron chi connectivity index (χ0n) is 7.63. The number of hydrogen-bond donors (Lipinski definition) is 1. The predicted octanol–water partition coefficient (Wildman–Crippen LogP) is 2.44. The number of ether oxygens (including phenoxy) is 2. The van der Waals surface area contributed by atoms with E-state index in [1.54, 1.807) is 13.2 Å². The van der Waals surface area contributed by atoms with Crippen molar-refractivity contribution in [3.05, 3.63) is 16.6 Å². The van der Waals surface area contributed by atoms with Gasteiger partial charge < -0.3 is 15.2 Å². The number of nitrogens with two attached hydrogens (primary N) is 1. The van der Waals surface area contributed by atoms with Gasteiger partial charge in [-0.3, -0.25) is 0 Å². The SMILES string of the molecule is CCOc1ccc(OC)c(Br)c1N. The summed E-state index contributed by atoms with van der Waals surface area (Å²) in [5.41, 5.74) is 6.36. The van der Waals surface area contributed by atoms with Crippen LogP contribution in [0.1, 0.15) is 6.92 Å². The van der Waals surface area contributed by atoms with Gasteiger partial charge in [-0.2, -0.15) is 0 Å². The summed E-state index contributed by atoms with van der Waals surface area (Å²) in [7, 11) is 1.60. The smallest absolute Gasteiger partial charge is 0.143 e. The van der Waals surface area contributed by atoms with Crippen molar-refractivity contribution in [1.29, 1.82) is 0 Å². The second-order valence-electron chi connectivity index (χ2n) is 2.43. The van der Waals surface area contributed by atoms with Crippen LogP contribution in [0.3, 0.4) is 0 Å². The molecule has 0 heterocycles. The molecule has 0 saturated carbocycles. The number of rotatable bonds is 3. The molecule has 13 heavy (non-hydrogen) atoms. The van der Waals surface area contributed by atoms with E-state index in [-0.39, 0.29) is 0 Å². The molecule has 0 saturated heterocycles. The molecule has 0 atom stereocenters. The summed E-state index contributed by atoms with van der Waals surface area (Å²) in [4.78, 5) is 0. The van der Waals surface area contributed by atoms with Crippen LogP contribution >= 0.6 is 15.9 Å². The summed E-state index contributed by atoms with van der Waals surface area (Å²) in [5, 5.41) is 0. The lowest BCUT2D eigenvalue weighted by Crippen LogP contribution is -1.98. The van der Waals surface area contributed by atoms with Crippen molar-refractivity contribution in [2.24, 2.45) is 0 Å². The average molecular weight is 246 g/mol. The Hall–Kier alpha value is -0.900. The van der Waals surface area contributed by atoms with Gasteiger partial charge in [-0.15, -0.1) is 0 Å². The number of halogens is 1. The molecule has 1 rings (SSSR count). The van der Waals surface area contributed by atoms with Gasteiger partial charge in [-0.25, -0.2) is 0 Å². The van der Waals surface area contributed by atoms with E-state index in [0.717, 1.165) is 4.47 Å². The fourth-order valence-electron chi connectivity index (χ4n) is 0.994. The van der Waals surface area contributed by atoms with Crippen LogP contribution in [0.25, 0.3) is 0 Å². The van der Waals surface area contributed by atoms with E-state index in [0.29, 0.717) is 23.8 Å². The summed E-state index contributed by atoms with van der Waals surface area (Å²) in [6.45, 7) is 2.51. The highest BCUT2D eigenvalue weighted by Crippen LogP contribution is 2.37. The molecule has 0 aliphatic rings. The lowest BCUT2D eigenvalue weighted by atomic mass is 10.3. The highest BCUT2D eigenvalue weighted by Gasteiger charge is 2.08. The summed E-state index contributed by atoms with van der Waals surface area (Å²) in [6.07, 6.45) is 0. The molecule has 0 aromatic heterocycles. The van der Waals surface area contributed by atoms with Gasteiger partial charge in [0.2, 0.25) is 0 Å². The van der Waals surface area contributed by atoms with Crippen molar-refractivity contribution >= 4 is 21.6 Å². The molecule has 4 heteroatoms. The van der Waals surface area contributed by atoms with E-state index >= 15 is 0 Å². The van der Waals surface area contributed by atoms with Crippen molar-refractivity contribution in [3.63, 3.8) is 0 Å². The fourth-order valence-corrected chi connectivity index (χ4v) is 1.48. The average Bonchev–Trinajstić information content (AvgIpc) is 2.14. The van der Waals surface area contributed by atoms with Gasteiger partial charge >= 0.3 is 0 Å². The Morgan fingerprint density at radius 2 is 2.00 bits per heavy atom. The minimum Gasteiger partial charge on any atom is -0.495 e. The lowest BCUT2D eigenvalue weighted by molar-refractivity contribution is 0.340. The Balaban J connectivity index is 3.07. The number of anilines is 1. The summed E-state index contributed by atoms with van der Waals surface area (Å²) in [6, 6.07) is 3.61. The van der Waals surface area contributed by atoms with E-state index in [9.17, 15) is 0 Å². The Bertz CT molecular complexity index is 302. The first-order chi connectivity index (χ1) is 6.20. The number of nitrogen functional groups attached to an aromatic ring is 1. The predicted molar refractivity (Wildman–Crippen MR) is 56.3 cm³/mol. The fraction of sp³-hybridized carbons (Fsp3) is 0.333. The number of methoxy groups -OCH3 is 1. The molecule has 0 unspecified atom stereocenters. The van der Waals surface area contributed by atoms with E-state index in [1.807, 2.05) is 13.0 Å². The molecule has 3 nitrogen and oxygen atoms in total. The molecular weight excluding hydrogens is 234 g/mol. The first kappa shape index (κ1) is 10.2. The van der Waals surface area contributed by atoms with Gasteiger partial charge in [0.1, 0.15) is 11.5 Å². The zero-order chi connectivity index (χ0) is 9.84. The first-order valence-electron chi connectivity index (χ1n) is 3.95. The highest BCUT2D eigenvalue weighted by molar-refractivity contribution is 9.10. The van der Waals surface area contributed by atoms with Crippen LogP contribution in [0, 0.1) is 0 Å². The van der Waals surface area contributed by atoms with Crippen molar-refractivity contribution < 1.29 is 9.47 Å².